The topological polar surface area (TPSA) is 95.4 Å². The van der Waals surface area contributed by atoms with E-state index < -0.39 is 51.8 Å². The summed E-state index contributed by atoms with van der Waals surface area (Å²) in [7, 11) is 0. The largest absolute Gasteiger partial charge is 0.489 e. The molecule has 0 unspecified atom stereocenters. The van der Waals surface area contributed by atoms with Crippen molar-refractivity contribution in [2.75, 3.05) is 50.8 Å². The number of likely N-dealkylation sites (tertiary alicyclic amines) is 1. The average Bonchev–Trinajstić information content (AvgIpc) is 3.56. The third-order valence-corrected chi connectivity index (χ3v) is 9.63. The SMILES string of the molecule is CCC[C@H]1N(C(=O)c2cnccc2C(F)(F)F)CCC[C@@]1(Oc1csc(C(F)(F)F)c1)C(=O)N1CCN(c2ccccc2OCCO)CC1. The summed E-state index contributed by atoms with van der Waals surface area (Å²) in [4.78, 5) is 36.2. The number of halogens is 6. The molecule has 49 heavy (non-hydrogen) atoms. The number of benzene rings is 1. The molecule has 5 rings (SSSR count). The number of nitrogens with zero attached hydrogens (tertiary/aromatic N) is 4. The first-order valence-corrected chi connectivity index (χ1v) is 16.7. The standard InChI is InChI=1S/C33H36F6N4O5S/c1-2-6-27-31(48-22-19-28(49-21-22)33(37,38)39,10-5-12-43(27)29(45)23-20-40-11-9-24(23)32(34,35)36)30(46)42-15-13-41(14-16-42)25-7-3-4-8-26(25)47-18-17-44/h3-4,7-9,11,19-21,27,44H,2,5-6,10,12-18H2,1H3/t27-,31+/m1/s1. The van der Waals surface area contributed by atoms with E-state index in [1.807, 2.05) is 17.0 Å². The molecule has 2 fully saturated rings. The van der Waals surface area contributed by atoms with Crippen LogP contribution in [0.4, 0.5) is 32.0 Å². The number of para-hydroxylation sites is 2. The van der Waals surface area contributed by atoms with E-state index >= 15 is 0 Å². The third kappa shape index (κ3) is 7.74. The number of anilines is 1. The lowest BCUT2D eigenvalue weighted by Crippen LogP contribution is -2.69. The molecule has 2 amide bonds. The van der Waals surface area contributed by atoms with E-state index in [1.54, 1.807) is 19.1 Å². The predicted molar refractivity (Wildman–Crippen MR) is 169 cm³/mol. The smallest absolute Gasteiger partial charge is 0.425 e. The molecule has 2 atom stereocenters. The Morgan fingerprint density at radius 3 is 2.43 bits per heavy atom. The van der Waals surface area contributed by atoms with Gasteiger partial charge in [-0.25, -0.2) is 0 Å². The van der Waals surface area contributed by atoms with Crippen LogP contribution in [0.1, 0.15) is 53.4 Å². The fraction of sp³-hybridized carbons (Fsp3) is 0.485. The first-order chi connectivity index (χ1) is 23.3. The molecule has 2 aliphatic heterocycles. The average molecular weight is 715 g/mol. The maximum absolute atomic E-state index is 14.7. The van der Waals surface area contributed by atoms with Gasteiger partial charge in [-0.05, 0) is 31.0 Å². The number of hydrogen-bond acceptors (Lipinski definition) is 8. The van der Waals surface area contributed by atoms with Gasteiger partial charge >= 0.3 is 12.4 Å². The van der Waals surface area contributed by atoms with Crippen LogP contribution >= 0.6 is 11.3 Å². The minimum atomic E-state index is -4.86. The molecule has 0 spiro atoms. The van der Waals surface area contributed by atoms with Crippen molar-refractivity contribution in [1.82, 2.24) is 14.8 Å². The van der Waals surface area contributed by atoms with Crippen LogP contribution < -0.4 is 14.4 Å². The van der Waals surface area contributed by atoms with Gasteiger partial charge in [-0.15, -0.1) is 11.3 Å². The number of alkyl halides is 6. The highest BCUT2D eigenvalue weighted by Crippen LogP contribution is 2.43. The monoisotopic (exact) mass is 714 g/mol. The highest BCUT2D eigenvalue weighted by atomic mass is 32.1. The predicted octanol–water partition coefficient (Wildman–Crippen LogP) is 6.12. The molecule has 0 bridgehead atoms. The number of ether oxygens (including phenoxy) is 2. The van der Waals surface area contributed by atoms with E-state index in [2.05, 4.69) is 4.98 Å². The van der Waals surface area contributed by atoms with Gasteiger partial charge in [0.1, 0.15) is 23.0 Å². The maximum Gasteiger partial charge on any atom is 0.425 e. The van der Waals surface area contributed by atoms with Gasteiger partial charge < -0.3 is 29.3 Å². The maximum atomic E-state index is 14.7. The fourth-order valence-electron chi connectivity index (χ4n) is 6.52. The summed E-state index contributed by atoms with van der Waals surface area (Å²) in [5, 5.41) is 10.4. The normalized spacial score (nSPS) is 20.3. The van der Waals surface area contributed by atoms with Crippen LogP contribution in [0.2, 0.25) is 0 Å². The van der Waals surface area contributed by atoms with Crippen molar-refractivity contribution in [2.45, 2.75) is 56.6 Å². The van der Waals surface area contributed by atoms with Crippen molar-refractivity contribution >= 4 is 28.8 Å². The van der Waals surface area contributed by atoms with E-state index in [-0.39, 0.29) is 57.9 Å². The van der Waals surface area contributed by atoms with E-state index in [9.17, 15) is 41.0 Å². The Morgan fingerprint density at radius 1 is 1.04 bits per heavy atom. The number of piperazine rings is 1. The zero-order valence-corrected chi connectivity index (χ0v) is 27.4. The fourth-order valence-corrected chi connectivity index (χ4v) is 7.19. The summed E-state index contributed by atoms with van der Waals surface area (Å²) < 4.78 is 94.7. The summed E-state index contributed by atoms with van der Waals surface area (Å²) in [5.74, 6) is -1.22. The second kappa shape index (κ2) is 14.8. The summed E-state index contributed by atoms with van der Waals surface area (Å²) in [6.45, 7) is 2.76. The van der Waals surface area contributed by atoms with Crippen LogP contribution in [-0.2, 0) is 17.1 Å². The zero-order valence-electron chi connectivity index (χ0n) is 26.6. The number of rotatable bonds is 10. The summed E-state index contributed by atoms with van der Waals surface area (Å²) in [6, 6.07) is 7.62. The number of amides is 2. The van der Waals surface area contributed by atoms with Crippen molar-refractivity contribution in [3.8, 4) is 11.5 Å². The molecule has 0 aliphatic carbocycles. The van der Waals surface area contributed by atoms with Crippen LogP contribution in [-0.4, -0.2) is 89.3 Å². The third-order valence-electron chi connectivity index (χ3n) is 8.68. The highest BCUT2D eigenvalue weighted by molar-refractivity contribution is 7.10. The second-order valence-corrected chi connectivity index (χ2v) is 12.7. The summed E-state index contributed by atoms with van der Waals surface area (Å²) in [6.07, 6.45) is -7.07. The second-order valence-electron chi connectivity index (χ2n) is 11.8. The molecule has 16 heteroatoms. The number of aliphatic hydroxyl groups excluding tert-OH is 1. The Bertz CT molecular complexity index is 1610. The number of thiophene rings is 1. The number of pyridine rings is 1. The number of piperidine rings is 1. The first kappa shape index (κ1) is 36.2. The summed E-state index contributed by atoms with van der Waals surface area (Å²) >= 11 is 0.396. The molecule has 2 aromatic heterocycles. The lowest BCUT2D eigenvalue weighted by molar-refractivity contribution is -0.159. The Balaban J connectivity index is 1.50. The molecule has 3 aromatic rings. The van der Waals surface area contributed by atoms with Crippen molar-refractivity contribution < 1.29 is 50.5 Å². The molecule has 4 heterocycles. The van der Waals surface area contributed by atoms with Crippen molar-refractivity contribution in [3.05, 3.63) is 70.2 Å². The molecule has 2 aliphatic rings. The van der Waals surface area contributed by atoms with E-state index in [0.717, 1.165) is 29.5 Å². The minimum Gasteiger partial charge on any atom is -0.489 e. The Labute approximate surface area is 283 Å². The number of carbonyl (C=O) groups is 2. The lowest BCUT2D eigenvalue weighted by atomic mass is 9.79. The lowest BCUT2D eigenvalue weighted by Gasteiger charge is -2.50. The van der Waals surface area contributed by atoms with E-state index in [1.165, 1.54) is 9.80 Å². The minimum absolute atomic E-state index is 0.00389. The molecule has 1 N–H and O–H groups in total. The van der Waals surface area contributed by atoms with Crippen LogP contribution in [0, 0.1) is 0 Å². The van der Waals surface area contributed by atoms with Crippen molar-refractivity contribution in [2.24, 2.45) is 0 Å². The Kier molecular flexibility index (Phi) is 11.0. The Hall–Kier alpha value is -4.05. The van der Waals surface area contributed by atoms with Gasteiger partial charge in [0, 0.05) is 63.0 Å². The molecular weight excluding hydrogens is 678 g/mol. The van der Waals surface area contributed by atoms with Crippen LogP contribution in [0.5, 0.6) is 11.5 Å². The van der Waals surface area contributed by atoms with E-state index in [4.69, 9.17) is 9.47 Å². The molecule has 266 valence electrons. The van der Waals surface area contributed by atoms with Crippen LogP contribution in [0.15, 0.2) is 54.2 Å². The summed E-state index contributed by atoms with van der Waals surface area (Å²) in [5.41, 5.74) is -3.01. The van der Waals surface area contributed by atoms with Crippen molar-refractivity contribution in [1.29, 1.82) is 0 Å². The molecular formula is C33H36F6N4O5S. The number of carbonyl (C=O) groups excluding carboxylic acids is 2. The first-order valence-electron chi connectivity index (χ1n) is 15.8. The number of hydrogen-bond donors (Lipinski definition) is 1. The van der Waals surface area contributed by atoms with Gasteiger partial charge in [-0.2, -0.15) is 26.3 Å². The van der Waals surface area contributed by atoms with Crippen LogP contribution in [0.25, 0.3) is 0 Å². The van der Waals surface area contributed by atoms with Gasteiger partial charge in [0.2, 0.25) is 5.60 Å². The van der Waals surface area contributed by atoms with Gasteiger partial charge in [0.25, 0.3) is 11.8 Å². The molecule has 0 radical (unpaired) electrons. The quantitative estimate of drug-likeness (QED) is 0.253. The van der Waals surface area contributed by atoms with Gasteiger partial charge in [0.15, 0.2) is 0 Å². The number of aromatic nitrogens is 1. The Morgan fingerprint density at radius 2 is 1.78 bits per heavy atom. The van der Waals surface area contributed by atoms with Crippen LogP contribution in [0.3, 0.4) is 0 Å². The van der Waals surface area contributed by atoms with Gasteiger partial charge in [0.05, 0.1) is 29.5 Å². The molecule has 0 saturated carbocycles. The van der Waals surface area contributed by atoms with Crippen molar-refractivity contribution in [3.63, 3.8) is 0 Å². The molecule has 2 saturated heterocycles. The molecule has 9 nitrogen and oxygen atoms in total. The van der Waals surface area contributed by atoms with Gasteiger partial charge in [-0.3, -0.25) is 14.6 Å². The zero-order chi connectivity index (χ0) is 35.4. The molecule has 1 aromatic carbocycles. The van der Waals surface area contributed by atoms with Gasteiger partial charge in [-0.1, -0.05) is 25.5 Å². The number of aliphatic hydroxyl groups is 1. The highest BCUT2D eigenvalue weighted by Gasteiger charge is 2.56. The van der Waals surface area contributed by atoms with E-state index in [0.29, 0.717) is 42.7 Å².